The summed E-state index contributed by atoms with van der Waals surface area (Å²) in [5, 5.41) is 10.3. The molecular formula is C14H23N3O5. The van der Waals surface area contributed by atoms with Gasteiger partial charge in [0.05, 0.1) is 19.3 Å². The highest BCUT2D eigenvalue weighted by Gasteiger charge is 2.45. The molecule has 1 saturated heterocycles. The molecule has 2 rings (SSSR count). The van der Waals surface area contributed by atoms with Crippen LogP contribution in [0.2, 0.25) is 0 Å². The van der Waals surface area contributed by atoms with E-state index in [1.165, 1.54) is 4.57 Å². The van der Waals surface area contributed by atoms with Crippen LogP contribution in [0.5, 0.6) is 0 Å². The third kappa shape index (κ3) is 3.30. The molecule has 1 fully saturated rings. The van der Waals surface area contributed by atoms with Crippen molar-refractivity contribution in [2.24, 2.45) is 0 Å². The van der Waals surface area contributed by atoms with Gasteiger partial charge in [-0.25, -0.2) is 4.79 Å². The fraction of sp³-hybridized carbons (Fsp3) is 0.714. The van der Waals surface area contributed by atoms with Crippen LogP contribution in [-0.2, 0) is 14.2 Å². The number of nitrogens with zero attached hydrogens (tertiary/aromatic N) is 2. The van der Waals surface area contributed by atoms with Crippen molar-refractivity contribution in [1.82, 2.24) is 9.55 Å². The van der Waals surface area contributed by atoms with Gasteiger partial charge in [0, 0.05) is 18.9 Å². The first-order valence-corrected chi connectivity index (χ1v) is 7.28. The largest absolute Gasteiger partial charge is 0.388 e. The highest BCUT2D eigenvalue weighted by molar-refractivity contribution is 5.35. The Hall–Kier alpha value is -1.48. The fourth-order valence-electron chi connectivity index (χ4n) is 2.49. The summed E-state index contributed by atoms with van der Waals surface area (Å²) in [6.45, 7) is 4.34. The van der Waals surface area contributed by atoms with E-state index >= 15 is 0 Å². The van der Waals surface area contributed by atoms with Gasteiger partial charge >= 0.3 is 5.69 Å². The molecule has 1 unspecified atom stereocenters. The number of hydrogen-bond acceptors (Lipinski definition) is 7. The molecule has 0 aromatic carbocycles. The molecule has 3 N–H and O–H groups in total. The SMILES string of the molecule is CC[C@H]1O[C@@H](n2cc(C)c(N)nc2=O)C(OCCOC)[C@H]1O. The minimum absolute atomic E-state index is 0.184. The van der Waals surface area contributed by atoms with Gasteiger partial charge in [0.25, 0.3) is 0 Å². The highest BCUT2D eigenvalue weighted by atomic mass is 16.6. The molecule has 4 atom stereocenters. The summed E-state index contributed by atoms with van der Waals surface area (Å²) in [6, 6.07) is 0. The van der Waals surface area contributed by atoms with Crippen LogP contribution in [0.25, 0.3) is 0 Å². The predicted octanol–water partition coefficient (Wildman–Crippen LogP) is -0.166. The zero-order chi connectivity index (χ0) is 16.3. The van der Waals surface area contributed by atoms with Crippen molar-refractivity contribution in [3.05, 3.63) is 22.2 Å². The molecule has 8 heteroatoms. The van der Waals surface area contributed by atoms with Gasteiger partial charge in [0.1, 0.15) is 18.0 Å². The topological polar surface area (TPSA) is 109 Å². The van der Waals surface area contributed by atoms with Crippen LogP contribution < -0.4 is 11.4 Å². The minimum atomic E-state index is -0.823. The number of anilines is 1. The van der Waals surface area contributed by atoms with E-state index in [2.05, 4.69) is 4.98 Å². The van der Waals surface area contributed by atoms with Crippen molar-refractivity contribution in [2.45, 2.75) is 44.8 Å². The summed E-state index contributed by atoms with van der Waals surface area (Å²) >= 11 is 0. The van der Waals surface area contributed by atoms with Crippen molar-refractivity contribution in [1.29, 1.82) is 0 Å². The number of rotatable bonds is 6. The van der Waals surface area contributed by atoms with Crippen molar-refractivity contribution in [2.75, 3.05) is 26.1 Å². The number of nitrogens with two attached hydrogens (primary N) is 1. The van der Waals surface area contributed by atoms with Gasteiger partial charge in [0.15, 0.2) is 6.23 Å². The second kappa shape index (κ2) is 7.19. The number of aliphatic hydroxyl groups excluding tert-OH is 1. The summed E-state index contributed by atoms with van der Waals surface area (Å²) in [4.78, 5) is 15.9. The third-order valence-electron chi connectivity index (χ3n) is 3.76. The first-order valence-electron chi connectivity index (χ1n) is 7.28. The van der Waals surface area contributed by atoms with E-state index in [1.807, 2.05) is 6.92 Å². The number of aryl methyl sites for hydroxylation is 1. The minimum Gasteiger partial charge on any atom is -0.388 e. The van der Waals surface area contributed by atoms with E-state index < -0.39 is 30.2 Å². The van der Waals surface area contributed by atoms with Gasteiger partial charge in [-0.15, -0.1) is 0 Å². The van der Waals surface area contributed by atoms with E-state index in [9.17, 15) is 9.90 Å². The van der Waals surface area contributed by atoms with Crippen LogP contribution >= 0.6 is 0 Å². The number of nitrogen functional groups attached to an aromatic ring is 1. The average molecular weight is 313 g/mol. The normalized spacial score (nSPS) is 28.2. The second-order valence-corrected chi connectivity index (χ2v) is 5.29. The second-order valence-electron chi connectivity index (χ2n) is 5.29. The fourth-order valence-corrected chi connectivity index (χ4v) is 2.49. The lowest BCUT2D eigenvalue weighted by Gasteiger charge is -2.22. The van der Waals surface area contributed by atoms with Crippen LogP contribution in [0.15, 0.2) is 11.0 Å². The Morgan fingerprint density at radius 1 is 1.50 bits per heavy atom. The number of hydrogen-bond donors (Lipinski definition) is 2. The van der Waals surface area contributed by atoms with E-state index in [0.29, 0.717) is 25.2 Å². The van der Waals surface area contributed by atoms with Crippen molar-refractivity contribution < 1.29 is 19.3 Å². The van der Waals surface area contributed by atoms with Crippen LogP contribution in [0.3, 0.4) is 0 Å². The Labute approximate surface area is 128 Å². The maximum atomic E-state index is 12.1. The van der Waals surface area contributed by atoms with Crippen molar-refractivity contribution in [3.63, 3.8) is 0 Å². The van der Waals surface area contributed by atoms with E-state index in [-0.39, 0.29) is 5.82 Å². The summed E-state index contributed by atoms with van der Waals surface area (Å²) < 4.78 is 17.7. The highest BCUT2D eigenvalue weighted by Crippen LogP contribution is 2.32. The van der Waals surface area contributed by atoms with E-state index in [4.69, 9.17) is 19.9 Å². The molecular weight excluding hydrogens is 290 g/mol. The Morgan fingerprint density at radius 3 is 2.86 bits per heavy atom. The van der Waals surface area contributed by atoms with Crippen LogP contribution in [-0.4, -0.2) is 53.3 Å². The van der Waals surface area contributed by atoms with E-state index in [1.54, 1.807) is 20.2 Å². The molecule has 124 valence electrons. The van der Waals surface area contributed by atoms with Crippen molar-refractivity contribution >= 4 is 5.82 Å². The van der Waals surface area contributed by atoms with Gasteiger partial charge in [-0.2, -0.15) is 4.98 Å². The quantitative estimate of drug-likeness (QED) is 0.702. The molecule has 1 aromatic rings. The number of methoxy groups -OCH3 is 1. The standard InChI is InChI=1S/C14H23N3O5/c1-4-9-10(18)11(21-6-5-20-3)13(22-9)17-7-8(2)12(15)16-14(17)19/h7,9-11,13,18H,4-6H2,1-3H3,(H2,15,16,19)/t9-,10+,11?,13-/m1/s1. The number of ether oxygens (including phenoxy) is 3. The number of aliphatic hydroxyl groups is 1. The molecule has 0 bridgehead atoms. The monoisotopic (exact) mass is 313 g/mol. The van der Waals surface area contributed by atoms with Gasteiger partial charge in [-0.05, 0) is 13.3 Å². The average Bonchev–Trinajstić information content (AvgIpc) is 2.80. The maximum absolute atomic E-state index is 12.1. The molecule has 0 aliphatic carbocycles. The Balaban J connectivity index is 2.29. The van der Waals surface area contributed by atoms with Gasteiger partial charge in [-0.1, -0.05) is 6.92 Å². The lowest BCUT2D eigenvalue weighted by molar-refractivity contribution is -0.0797. The zero-order valence-corrected chi connectivity index (χ0v) is 13.1. The molecule has 1 aromatic heterocycles. The zero-order valence-electron chi connectivity index (χ0n) is 13.1. The molecule has 8 nitrogen and oxygen atoms in total. The smallest absolute Gasteiger partial charge is 0.351 e. The third-order valence-corrected chi connectivity index (χ3v) is 3.76. The molecule has 1 aliphatic rings. The molecule has 0 amide bonds. The summed E-state index contributed by atoms with van der Waals surface area (Å²) in [5.41, 5.74) is 5.77. The Kier molecular flexibility index (Phi) is 5.52. The van der Waals surface area contributed by atoms with Crippen LogP contribution in [0.1, 0.15) is 25.1 Å². The van der Waals surface area contributed by atoms with Gasteiger partial charge in [0.2, 0.25) is 0 Å². The van der Waals surface area contributed by atoms with Gasteiger partial charge < -0.3 is 25.1 Å². The number of aromatic nitrogens is 2. The lowest BCUT2D eigenvalue weighted by Crippen LogP contribution is -2.38. The summed E-state index contributed by atoms with van der Waals surface area (Å²) in [6.07, 6.45) is -0.442. The predicted molar refractivity (Wildman–Crippen MR) is 79.5 cm³/mol. The molecule has 0 radical (unpaired) electrons. The molecule has 2 heterocycles. The molecule has 1 aliphatic heterocycles. The molecule has 22 heavy (non-hydrogen) atoms. The van der Waals surface area contributed by atoms with Crippen LogP contribution in [0, 0.1) is 6.92 Å². The maximum Gasteiger partial charge on any atom is 0.351 e. The lowest BCUT2D eigenvalue weighted by atomic mass is 10.1. The summed E-state index contributed by atoms with van der Waals surface area (Å²) in [5.74, 6) is 0.184. The van der Waals surface area contributed by atoms with Crippen LogP contribution in [0.4, 0.5) is 5.82 Å². The van der Waals surface area contributed by atoms with E-state index in [0.717, 1.165) is 0 Å². The molecule has 0 saturated carbocycles. The summed E-state index contributed by atoms with van der Waals surface area (Å²) in [7, 11) is 1.56. The van der Waals surface area contributed by atoms with Crippen molar-refractivity contribution in [3.8, 4) is 0 Å². The Morgan fingerprint density at radius 2 is 2.23 bits per heavy atom. The van der Waals surface area contributed by atoms with Gasteiger partial charge in [-0.3, -0.25) is 4.57 Å². The molecule has 0 spiro atoms. The Bertz CT molecular complexity index is 562. The first kappa shape index (κ1) is 16.9. The first-order chi connectivity index (χ1) is 10.5.